The van der Waals surface area contributed by atoms with Crippen molar-refractivity contribution in [3.8, 4) is 0 Å². The van der Waals surface area contributed by atoms with Gasteiger partial charge in [0.1, 0.15) is 0 Å². The Bertz CT molecular complexity index is 263. The van der Waals surface area contributed by atoms with Gasteiger partial charge in [0.2, 0.25) is 5.91 Å². The number of nitrogens with zero attached hydrogens (tertiary/aromatic N) is 2. The molecule has 1 aliphatic rings. The first-order valence-corrected chi connectivity index (χ1v) is 6.82. The fraction of sp³-hybridized carbons (Fsp3) is 0.923. The Labute approximate surface area is 110 Å². The summed E-state index contributed by atoms with van der Waals surface area (Å²) in [5, 5.41) is 9.14. The van der Waals surface area contributed by atoms with E-state index in [-0.39, 0.29) is 24.5 Å². The number of rotatable bonds is 5. The summed E-state index contributed by atoms with van der Waals surface area (Å²) in [6.45, 7) is 6.30. The summed E-state index contributed by atoms with van der Waals surface area (Å²) < 4.78 is 0. The molecule has 0 spiro atoms. The summed E-state index contributed by atoms with van der Waals surface area (Å²) in [4.78, 5) is 16.4. The third kappa shape index (κ3) is 3.93. The minimum atomic E-state index is -0.462. The zero-order valence-corrected chi connectivity index (χ0v) is 11.8. The van der Waals surface area contributed by atoms with E-state index in [1.807, 2.05) is 13.8 Å². The van der Waals surface area contributed by atoms with E-state index < -0.39 is 6.04 Å². The minimum Gasteiger partial charge on any atom is -0.395 e. The summed E-state index contributed by atoms with van der Waals surface area (Å²) in [6, 6.07) is -0.234. The second kappa shape index (κ2) is 7.07. The van der Waals surface area contributed by atoms with Gasteiger partial charge < -0.3 is 20.6 Å². The Morgan fingerprint density at radius 3 is 2.44 bits per heavy atom. The largest absolute Gasteiger partial charge is 0.395 e. The summed E-state index contributed by atoms with van der Waals surface area (Å²) in [7, 11) is 2.09. The number of nitrogens with two attached hydrogens (primary N) is 1. The van der Waals surface area contributed by atoms with Gasteiger partial charge in [-0.2, -0.15) is 0 Å². The van der Waals surface area contributed by atoms with Gasteiger partial charge in [-0.05, 0) is 38.9 Å². The predicted molar refractivity (Wildman–Crippen MR) is 72.1 cm³/mol. The quantitative estimate of drug-likeness (QED) is 0.721. The van der Waals surface area contributed by atoms with Gasteiger partial charge in [0.25, 0.3) is 0 Å². The number of hydrogen-bond acceptors (Lipinski definition) is 4. The van der Waals surface area contributed by atoms with Crippen LogP contribution < -0.4 is 5.73 Å². The molecule has 106 valence electrons. The highest BCUT2D eigenvalue weighted by Gasteiger charge is 2.30. The molecule has 0 radical (unpaired) electrons. The molecule has 0 aromatic rings. The molecule has 1 fully saturated rings. The molecule has 1 saturated heterocycles. The molecule has 0 bridgehead atoms. The number of aliphatic hydroxyl groups excluding tert-OH is 1. The second-order valence-electron chi connectivity index (χ2n) is 5.56. The van der Waals surface area contributed by atoms with Crippen LogP contribution in [0.2, 0.25) is 0 Å². The molecular formula is C13H27N3O2. The van der Waals surface area contributed by atoms with Crippen LogP contribution in [0.25, 0.3) is 0 Å². The first-order valence-electron chi connectivity index (χ1n) is 6.82. The van der Waals surface area contributed by atoms with Crippen molar-refractivity contribution in [2.24, 2.45) is 11.7 Å². The zero-order valence-electron chi connectivity index (χ0n) is 11.8. The molecular weight excluding hydrogens is 230 g/mol. The maximum Gasteiger partial charge on any atom is 0.240 e. The van der Waals surface area contributed by atoms with E-state index in [9.17, 15) is 4.79 Å². The number of carbonyl (C=O) groups excluding carboxylic acids is 1. The molecule has 0 aromatic heterocycles. The molecule has 1 heterocycles. The van der Waals surface area contributed by atoms with E-state index in [0.29, 0.717) is 6.54 Å². The normalized spacial score (nSPS) is 20.1. The summed E-state index contributed by atoms with van der Waals surface area (Å²) >= 11 is 0. The maximum atomic E-state index is 12.3. The SMILES string of the molecule is CC(C)[C@H](N)C(=O)N(CCO)C1CCN(C)CC1. The van der Waals surface area contributed by atoms with Gasteiger partial charge in [0.05, 0.1) is 12.6 Å². The van der Waals surface area contributed by atoms with E-state index >= 15 is 0 Å². The van der Waals surface area contributed by atoms with Crippen molar-refractivity contribution in [2.75, 3.05) is 33.3 Å². The molecule has 0 aliphatic carbocycles. The molecule has 0 unspecified atom stereocenters. The van der Waals surface area contributed by atoms with Crippen molar-refractivity contribution in [2.45, 2.75) is 38.8 Å². The van der Waals surface area contributed by atoms with Gasteiger partial charge >= 0.3 is 0 Å². The van der Waals surface area contributed by atoms with Crippen LogP contribution in [0.15, 0.2) is 0 Å². The lowest BCUT2D eigenvalue weighted by atomic mass is 9.99. The highest BCUT2D eigenvalue weighted by atomic mass is 16.3. The zero-order chi connectivity index (χ0) is 13.7. The standard InChI is InChI=1S/C13H27N3O2/c1-10(2)12(14)13(18)16(8-9-17)11-4-6-15(3)7-5-11/h10-12,17H,4-9,14H2,1-3H3/t12-/m0/s1. The van der Waals surface area contributed by atoms with Crippen molar-refractivity contribution in [1.82, 2.24) is 9.80 Å². The second-order valence-corrected chi connectivity index (χ2v) is 5.56. The molecule has 1 aliphatic heterocycles. The summed E-state index contributed by atoms with van der Waals surface area (Å²) in [5.74, 6) is 0.110. The van der Waals surface area contributed by atoms with Crippen molar-refractivity contribution >= 4 is 5.91 Å². The van der Waals surface area contributed by atoms with Gasteiger partial charge in [0, 0.05) is 12.6 Å². The Morgan fingerprint density at radius 2 is 2.00 bits per heavy atom. The van der Waals surface area contributed by atoms with Crippen molar-refractivity contribution in [1.29, 1.82) is 0 Å². The Balaban J connectivity index is 2.66. The number of aliphatic hydroxyl groups is 1. The highest BCUT2D eigenvalue weighted by molar-refractivity contribution is 5.82. The number of piperidine rings is 1. The maximum absolute atomic E-state index is 12.3. The Hall–Kier alpha value is -0.650. The van der Waals surface area contributed by atoms with Crippen LogP contribution in [0.1, 0.15) is 26.7 Å². The molecule has 3 N–H and O–H groups in total. The first kappa shape index (κ1) is 15.4. The molecule has 1 amide bonds. The van der Waals surface area contributed by atoms with Gasteiger partial charge in [-0.15, -0.1) is 0 Å². The van der Waals surface area contributed by atoms with Gasteiger partial charge in [0.15, 0.2) is 0 Å². The van der Waals surface area contributed by atoms with Crippen LogP contribution in [0.5, 0.6) is 0 Å². The summed E-state index contributed by atoms with van der Waals surface area (Å²) in [6.07, 6.45) is 1.93. The first-order chi connectivity index (χ1) is 8.47. The molecule has 5 nitrogen and oxygen atoms in total. The number of likely N-dealkylation sites (tertiary alicyclic amines) is 1. The molecule has 1 atom stereocenters. The van der Waals surface area contributed by atoms with Gasteiger partial charge in [-0.1, -0.05) is 13.8 Å². The van der Waals surface area contributed by atoms with Crippen LogP contribution in [-0.4, -0.2) is 66.2 Å². The third-order valence-corrected chi connectivity index (χ3v) is 3.76. The molecule has 18 heavy (non-hydrogen) atoms. The highest BCUT2D eigenvalue weighted by Crippen LogP contribution is 2.17. The number of hydrogen-bond donors (Lipinski definition) is 2. The smallest absolute Gasteiger partial charge is 0.240 e. The fourth-order valence-corrected chi connectivity index (χ4v) is 2.36. The van der Waals surface area contributed by atoms with Crippen LogP contribution >= 0.6 is 0 Å². The summed E-state index contributed by atoms with van der Waals surface area (Å²) in [5.41, 5.74) is 5.94. The topological polar surface area (TPSA) is 69.8 Å². The Kier molecular flexibility index (Phi) is 6.05. The van der Waals surface area contributed by atoms with Crippen LogP contribution in [-0.2, 0) is 4.79 Å². The van der Waals surface area contributed by atoms with E-state index in [2.05, 4.69) is 11.9 Å². The average Bonchev–Trinajstić information content (AvgIpc) is 2.35. The van der Waals surface area contributed by atoms with Crippen molar-refractivity contribution in [3.05, 3.63) is 0 Å². The third-order valence-electron chi connectivity index (χ3n) is 3.76. The van der Waals surface area contributed by atoms with E-state index in [4.69, 9.17) is 10.8 Å². The molecule has 0 aromatic carbocycles. The lowest BCUT2D eigenvalue weighted by Gasteiger charge is -2.38. The monoisotopic (exact) mass is 257 g/mol. The predicted octanol–water partition coefficient (Wildman–Crippen LogP) is -0.115. The minimum absolute atomic E-state index is 0.00287. The Morgan fingerprint density at radius 1 is 1.44 bits per heavy atom. The fourth-order valence-electron chi connectivity index (χ4n) is 2.36. The van der Waals surface area contributed by atoms with Crippen LogP contribution in [0.3, 0.4) is 0 Å². The van der Waals surface area contributed by atoms with E-state index in [1.165, 1.54) is 0 Å². The van der Waals surface area contributed by atoms with E-state index in [1.54, 1.807) is 4.90 Å². The van der Waals surface area contributed by atoms with Crippen molar-refractivity contribution < 1.29 is 9.90 Å². The average molecular weight is 257 g/mol. The lowest BCUT2D eigenvalue weighted by molar-refractivity contribution is -0.137. The lowest BCUT2D eigenvalue weighted by Crippen LogP contribution is -2.54. The van der Waals surface area contributed by atoms with Crippen LogP contribution in [0.4, 0.5) is 0 Å². The van der Waals surface area contributed by atoms with Gasteiger partial charge in [-0.25, -0.2) is 0 Å². The number of amides is 1. The number of carbonyl (C=O) groups is 1. The molecule has 5 heteroatoms. The van der Waals surface area contributed by atoms with Gasteiger partial charge in [-0.3, -0.25) is 4.79 Å². The van der Waals surface area contributed by atoms with Crippen LogP contribution in [0, 0.1) is 5.92 Å². The van der Waals surface area contributed by atoms with E-state index in [0.717, 1.165) is 25.9 Å². The molecule has 0 saturated carbocycles. The molecule has 1 rings (SSSR count). The van der Waals surface area contributed by atoms with Crippen molar-refractivity contribution in [3.63, 3.8) is 0 Å².